The second kappa shape index (κ2) is 6.23. The first-order valence-corrected chi connectivity index (χ1v) is 8.93. The molecule has 5 rings (SSSR count). The zero-order chi connectivity index (χ0) is 19.3. The molecule has 138 valence electrons. The maximum absolute atomic E-state index is 14.6. The van der Waals surface area contributed by atoms with E-state index in [-0.39, 0.29) is 11.6 Å². The van der Waals surface area contributed by atoms with Crippen molar-refractivity contribution in [2.45, 2.75) is 19.8 Å². The van der Waals surface area contributed by atoms with Gasteiger partial charge in [0.1, 0.15) is 5.82 Å². The number of benzene rings is 1. The molecule has 0 fully saturated rings. The van der Waals surface area contributed by atoms with E-state index in [4.69, 9.17) is 4.52 Å². The van der Waals surface area contributed by atoms with Crippen LogP contribution in [0.25, 0.3) is 27.9 Å². The Morgan fingerprint density at radius 1 is 1.11 bits per heavy atom. The van der Waals surface area contributed by atoms with Crippen molar-refractivity contribution in [3.05, 3.63) is 77.8 Å². The minimum atomic E-state index is -0.458. The standard InChI is InChI=1S/C21H16FN5O/c1-12-8-19(28-26-12)16-10-17(22)21-25-24-20(27(21)11-16)13(2)14-5-6-18-15(9-14)4-3-7-23-18/h3-11,13H,1-2H3. The largest absolute Gasteiger partial charge is 0.356 e. The van der Waals surface area contributed by atoms with Crippen molar-refractivity contribution in [1.82, 2.24) is 24.7 Å². The molecule has 0 aliphatic carbocycles. The highest BCUT2D eigenvalue weighted by Gasteiger charge is 2.19. The van der Waals surface area contributed by atoms with Crippen LogP contribution in [0.2, 0.25) is 0 Å². The van der Waals surface area contributed by atoms with Crippen molar-refractivity contribution in [3.63, 3.8) is 0 Å². The van der Waals surface area contributed by atoms with Gasteiger partial charge in [-0.05, 0) is 36.8 Å². The molecule has 0 N–H and O–H groups in total. The topological polar surface area (TPSA) is 69.1 Å². The lowest BCUT2D eigenvalue weighted by Gasteiger charge is -2.12. The van der Waals surface area contributed by atoms with Gasteiger partial charge in [-0.15, -0.1) is 10.2 Å². The third-order valence-corrected chi connectivity index (χ3v) is 4.91. The lowest BCUT2D eigenvalue weighted by atomic mass is 9.98. The number of pyridine rings is 2. The summed E-state index contributed by atoms with van der Waals surface area (Å²) in [6.07, 6.45) is 3.56. The highest BCUT2D eigenvalue weighted by molar-refractivity contribution is 5.79. The van der Waals surface area contributed by atoms with E-state index >= 15 is 0 Å². The molecule has 0 spiro atoms. The zero-order valence-electron chi connectivity index (χ0n) is 15.3. The molecule has 0 saturated carbocycles. The summed E-state index contributed by atoms with van der Waals surface area (Å²) in [5.41, 5.74) is 3.48. The van der Waals surface area contributed by atoms with E-state index in [0.29, 0.717) is 17.1 Å². The molecule has 0 radical (unpaired) electrons. The number of hydrogen-bond donors (Lipinski definition) is 0. The van der Waals surface area contributed by atoms with Crippen molar-refractivity contribution in [2.24, 2.45) is 0 Å². The molecule has 0 aliphatic heterocycles. The van der Waals surface area contributed by atoms with Gasteiger partial charge >= 0.3 is 0 Å². The SMILES string of the molecule is Cc1cc(-c2cc(F)c3nnc(C(C)c4ccc5ncccc5c4)n3c2)on1. The minimum absolute atomic E-state index is 0.0919. The smallest absolute Gasteiger partial charge is 0.196 e. The molecule has 0 amide bonds. The normalized spacial score (nSPS) is 12.7. The summed E-state index contributed by atoms with van der Waals surface area (Å²) in [6.45, 7) is 3.85. The number of rotatable bonds is 3. The average molecular weight is 373 g/mol. The number of halogens is 1. The van der Waals surface area contributed by atoms with Crippen LogP contribution in [0.3, 0.4) is 0 Å². The quantitative estimate of drug-likeness (QED) is 0.465. The molecule has 7 heteroatoms. The van der Waals surface area contributed by atoms with Crippen LogP contribution in [-0.2, 0) is 0 Å². The molecule has 1 atom stereocenters. The van der Waals surface area contributed by atoms with E-state index in [1.165, 1.54) is 6.07 Å². The highest BCUT2D eigenvalue weighted by Crippen LogP contribution is 2.29. The van der Waals surface area contributed by atoms with Crippen molar-refractivity contribution in [1.29, 1.82) is 0 Å². The summed E-state index contributed by atoms with van der Waals surface area (Å²) in [7, 11) is 0. The Kier molecular flexibility index (Phi) is 3.68. The lowest BCUT2D eigenvalue weighted by molar-refractivity contribution is 0.426. The molecule has 6 nitrogen and oxygen atoms in total. The number of hydrogen-bond acceptors (Lipinski definition) is 5. The second-order valence-electron chi connectivity index (χ2n) is 6.84. The van der Waals surface area contributed by atoms with Crippen LogP contribution < -0.4 is 0 Å². The molecule has 0 bridgehead atoms. The molecule has 28 heavy (non-hydrogen) atoms. The minimum Gasteiger partial charge on any atom is -0.356 e. The van der Waals surface area contributed by atoms with Gasteiger partial charge in [0.2, 0.25) is 0 Å². The van der Waals surface area contributed by atoms with Gasteiger partial charge in [0.15, 0.2) is 17.2 Å². The zero-order valence-corrected chi connectivity index (χ0v) is 15.3. The van der Waals surface area contributed by atoms with Gasteiger partial charge in [-0.1, -0.05) is 24.2 Å². The fraction of sp³-hybridized carbons (Fsp3) is 0.143. The van der Waals surface area contributed by atoms with E-state index in [2.05, 4.69) is 26.4 Å². The van der Waals surface area contributed by atoms with Gasteiger partial charge in [0, 0.05) is 35.3 Å². The number of nitrogens with zero attached hydrogens (tertiary/aromatic N) is 5. The molecule has 0 aliphatic rings. The van der Waals surface area contributed by atoms with Crippen molar-refractivity contribution in [2.75, 3.05) is 0 Å². The predicted octanol–water partition coefficient (Wildman–Crippen LogP) is 4.53. The Bertz CT molecular complexity index is 1320. The summed E-state index contributed by atoms with van der Waals surface area (Å²) >= 11 is 0. The highest BCUT2D eigenvalue weighted by atomic mass is 19.1. The van der Waals surface area contributed by atoms with Gasteiger partial charge < -0.3 is 4.52 Å². The first-order valence-electron chi connectivity index (χ1n) is 8.93. The Hall–Kier alpha value is -3.61. The average Bonchev–Trinajstić information content (AvgIpc) is 3.33. The number of aryl methyl sites for hydroxylation is 1. The maximum Gasteiger partial charge on any atom is 0.196 e. The van der Waals surface area contributed by atoms with E-state index < -0.39 is 5.82 Å². The first kappa shape index (κ1) is 16.6. The monoisotopic (exact) mass is 373 g/mol. The molecule has 4 aromatic heterocycles. The van der Waals surface area contributed by atoms with Crippen LogP contribution >= 0.6 is 0 Å². The Morgan fingerprint density at radius 2 is 2.00 bits per heavy atom. The summed E-state index contributed by atoms with van der Waals surface area (Å²) in [4.78, 5) is 4.35. The molecule has 1 aromatic carbocycles. The van der Waals surface area contributed by atoms with E-state index in [1.807, 2.05) is 38.1 Å². The predicted molar refractivity (Wildman–Crippen MR) is 102 cm³/mol. The van der Waals surface area contributed by atoms with Gasteiger partial charge in [-0.3, -0.25) is 9.38 Å². The van der Waals surface area contributed by atoms with Crippen LogP contribution in [-0.4, -0.2) is 24.7 Å². The van der Waals surface area contributed by atoms with Crippen LogP contribution in [0.4, 0.5) is 4.39 Å². The molecular formula is C21H16FN5O. The number of fused-ring (bicyclic) bond motifs is 2. The molecule has 4 heterocycles. The fourth-order valence-electron chi connectivity index (χ4n) is 3.41. The number of aromatic nitrogens is 5. The maximum atomic E-state index is 14.6. The summed E-state index contributed by atoms with van der Waals surface area (Å²) < 4.78 is 21.6. The summed E-state index contributed by atoms with van der Waals surface area (Å²) in [5, 5.41) is 13.2. The van der Waals surface area contributed by atoms with Crippen LogP contribution in [0, 0.1) is 12.7 Å². The van der Waals surface area contributed by atoms with Crippen LogP contribution in [0.5, 0.6) is 0 Å². The molecule has 5 aromatic rings. The van der Waals surface area contributed by atoms with Crippen molar-refractivity contribution in [3.8, 4) is 11.3 Å². The Morgan fingerprint density at radius 3 is 2.82 bits per heavy atom. The van der Waals surface area contributed by atoms with Crippen molar-refractivity contribution < 1.29 is 8.91 Å². The lowest BCUT2D eigenvalue weighted by Crippen LogP contribution is -2.03. The van der Waals surface area contributed by atoms with E-state index in [0.717, 1.165) is 22.2 Å². The summed E-state index contributed by atoms with van der Waals surface area (Å²) in [6, 6.07) is 13.2. The molecule has 1 unspecified atom stereocenters. The second-order valence-corrected chi connectivity index (χ2v) is 6.84. The fourth-order valence-corrected chi connectivity index (χ4v) is 3.41. The van der Waals surface area contributed by atoms with E-state index in [1.54, 1.807) is 22.9 Å². The Labute approximate surface area is 159 Å². The van der Waals surface area contributed by atoms with Gasteiger partial charge in [-0.2, -0.15) is 0 Å². The van der Waals surface area contributed by atoms with Gasteiger partial charge in [0.25, 0.3) is 0 Å². The summed E-state index contributed by atoms with van der Waals surface area (Å²) in [5.74, 6) is 0.601. The third kappa shape index (κ3) is 2.63. The van der Waals surface area contributed by atoms with E-state index in [9.17, 15) is 4.39 Å². The van der Waals surface area contributed by atoms with Crippen LogP contribution in [0.1, 0.15) is 29.9 Å². The Balaban J connectivity index is 1.64. The van der Waals surface area contributed by atoms with Crippen LogP contribution in [0.15, 0.2) is 59.4 Å². The van der Waals surface area contributed by atoms with Crippen molar-refractivity contribution >= 4 is 16.6 Å². The van der Waals surface area contributed by atoms with Gasteiger partial charge in [0.05, 0.1) is 11.2 Å². The third-order valence-electron chi connectivity index (χ3n) is 4.91. The first-order chi connectivity index (χ1) is 13.6. The molecule has 0 saturated heterocycles. The molecular weight excluding hydrogens is 357 g/mol. The van der Waals surface area contributed by atoms with Gasteiger partial charge in [-0.25, -0.2) is 4.39 Å².